The zero-order valence-corrected chi connectivity index (χ0v) is 15.6. The van der Waals surface area contributed by atoms with Gasteiger partial charge in [0.1, 0.15) is 5.75 Å². The van der Waals surface area contributed by atoms with Crippen molar-refractivity contribution < 1.29 is 9.84 Å². The number of nitrogens with one attached hydrogen (secondary N) is 1. The van der Waals surface area contributed by atoms with Crippen molar-refractivity contribution in [1.82, 2.24) is 15.1 Å². The van der Waals surface area contributed by atoms with Crippen LogP contribution in [0, 0.1) is 0 Å². The molecule has 1 aliphatic rings. The maximum Gasteiger partial charge on any atom is 0.124 e. The van der Waals surface area contributed by atoms with Gasteiger partial charge in [-0.3, -0.25) is 10.00 Å². The second-order valence-corrected chi connectivity index (χ2v) is 7.14. The molecule has 3 aromatic rings. The normalized spacial score (nSPS) is 17.0. The van der Waals surface area contributed by atoms with E-state index in [0.717, 1.165) is 42.2 Å². The fraction of sp³-hybridized carbons (Fsp3) is 0.318. The van der Waals surface area contributed by atoms with Crippen molar-refractivity contribution in [2.24, 2.45) is 0 Å². The fourth-order valence-corrected chi connectivity index (χ4v) is 3.91. The molecule has 140 valence electrons. The van der Waals surface area contributed by atoms with E-state index in [9.17, 15) is 5.11 Å². The highest BCUT2D eigenvalue weighted by molar-refractivity contribution is 5.62. The Morgan fingerprint density at radius 1 is 1.07 bits per heavy atom. The van der Waals surface area contributed by atoms with Crippen LogP contribution in [0.2, 0.25) is 0 Å². The standard InChI is InChI=1S/C22H25N3O2/c1-27-20-10-6-5-9-19(20)22(26)11-13-25(14-12-22)16-18-15-23-24-21(18)17-7-3-2-4-8-17/h2-10,15,26H,11-14,16H2,1H3,(H,23,24). The average Bonchev–Trinajstić information content (AvgIpc) is 3.18. The Morgan fingerprint density at radius 3 is 2.52 bits per heavy atom. The second kappa shape index (κ2) is 7.55. The van der Waals surface area contributed by atoms with Gasteiger partial charge >= 0.3 is 0 Å². The maximum absolute atomic E-state index is 11.2. The van der Waals surface area contributed by atoms with E-state index in [1.807, 2.05) is 48.7 Å². The molecule has 0 bridgehead atoms. The lowest BCUT2D eigenvalue weighted by Gasteiger charge is -2.39. The Bertz CT molecular complexity index is 883. The van der Waals surface area contributed by atoms with Gasteiger partial charge in [0, 0.05) is 30.8 Å². The summed E-state index contributed by atoms with van der Waals surface area (Å²) in [5.41, 5.74) is 3.46. The first-order valence-corrected chi connectivity index (χ1v) is 9.35. The third-order valence-electron chi connectivity index (χ3n) is 5.47. The van der Waals surface area contributed by atoms with E-state index < -0.39 is 5.60 Å². The van der Waals surface area contributed by atoms with Gasteiger partial charge in [0.25, 0.3) is 0 Å². The van der Waals surface area contributed by atoms with Gasteiger partial charge in [0.05, 0.1) is 24.6 Å². The molecule has 1 aromatic heterocycles. The predicted molar refractivity (Wildman–Crippen MR) is 105 cm³/mol. The van der Waals surface area contributed by atoms with Crippen molar-refractivity contribution in [1.29, 1.82) is 0 Å². The third kappa shape index (κ3) is 3.61. The molecular weight excluding hydrogens is 338 g/mol. The first-order chi connectivity index (χ1) is 13.2. The van der Waals surface area contributed by atoms with Gasteiger partial charge in [-0.05, 0) is 24.5 Å². The summed E-state index contributed by atoms with van der Waals surface area (Å²) in [6.45, 7) is 2.48. The van der Waals surface area contributed by atoms with E-state index >= 15 is 0 Å². The highest BCUT2D eigenvalue weighted by atomic mass is 16.5. The summed E-state index contributed by atoms with van der Waals surface area (Å²) < 4.78 is 5.45. The van der Waals surface area contributed by atoms with Gasteiger partial charge in [-0.1, -0.05) is 48.5 Å². The van der Waals surface area contributed by atoms with Crippen LogP contribution in [0.5, 0.6) is 5.75 Å². The lowest BCUT2D eigenvalue weighted by molar-refractivity contribution is -0.0292. The van der Waals surface area contributed by atoms with E-state index in [1.165, 1.54) is 5.56 Å². The van der Waals surface area contributed by atoms with Gasteiger partial charge < -0.3 is 9.84 Å². The Kier molecular flexibility index (Phi) is 4.97. The Balaban J connectivity index is 1.46. The van der Waals surface area contributed by atoms with Gasteiger partial charge in [0.15, 0.2) is 0 Å². The van der Waals surface area contributed by atoms with Crippen LogP contribution in [0.3, 0.4) is 0 Å². The molecule has 2 aromatic carbocycles. The van der Waals surface area contributed by atoms with Crippen molar-refractivity contribution >= 4 is 0 Å². The van der Waals surface area contributed by atoms with Gasteiger partial charge in [0.2, 0.25) is 0 Å². The van der Waals surface area contributed by atoms with Crippen LogP contribution in [0.4, 0.5) is 0 Å². The molecule has 0 atom stereocenters. The molecule has 2 N–H and O–H groups in total. The first kappa shape index (κ1) is 17.8. The quantitative estimate of drug-likeness (QED) is 0.727. The largest absolute Gasteiger partial charge is 0.496 e. The summed E-state index contributed by atoms with van der Waals surface area (Å²) in [6, 6.07) is 18.0. The van der Waals surface area contributed by atoms with E-state index in [2.05, 4.69) is 27.2 Å². The first-order valence-electron chi connectivity index (χ1n) is 9.35. The van der Waals surface area contributed by atoms with Crippen LogP contribution in [0.15, 0.2) is 60.8 Å². The van der Waals surface area contributed by atoms with Gasteiger partial charge in [-0.15, -0.1) is 0 Å². The number of methoxy groups -OCH3 is 1. The number of benzene rings is 2. The number of para-hydroxylation sites is 1. The highest BCUT2D eigenvalue weighted by Crippen LogP contribution is 2.38. The molecule has 0 spiro atoms. The summed E-state index contributed by atoms with van der Waals surface area (Å²) in [5, 5.41) is 18.6. The summed E-state index contributed by atoms with van der Waals surface area (Å²) in [5.74, 6) is 0.759. The molecule has 1 saturated heterocycles. The number of hydrogen-bond acceptors (Lipinski definition) is 4. The molecule has 5 heteroatoms. The molecule has 0 aliphatic carbocycles. The van der Waals surface area contributed by atoms with E-state index in [1.54, 1.807) is 7.11 Å². The number of likely N-dealkylation sites (tertiary alicyclic amines) is 1. The van der Waals surface area contributed by atoms with Crippen LogP contribution in [0.25, 0.3) is 11.3 Å². The number of rotatable bonds is 5. The molecule has 5 nitrogen and oxygen atoms in total. The molecule has 4 rings (SSSR count). The molecular formula is C22H25N3O2. The lowest BCUT2D eigenvalue weighted by atomic mass is 9.83. The fourth-order valence-electron chi connectivity index (χ4n) is 3.91. The predicted octanol–water partition coefficient (Wildman–Crippen LogP) is 3.57. The number of aromatic nitrogens is 2. The summed E-state index contributed by atoms with van der Waals surface area (Å²) in [7, 11) is 1.65. The van der Waals surface area contributed by atoms with Gasteiger partial charge in [-0.2, -0.15) is 5.10 Å². The molecule has 0 amide bonds. The minimum absolute atomic E-state index is 0.686. The highest BCUT2D eigenvalue weighted by Gasteiger charge is 2.36. The molecule has 1 fully saturated rings. The minimum atomic E-state index is -0.832. The molecule has 0 radical (unpaired) electrons. The number of ether oxygens (including phenoxy) is 1. The summed E-state index contributed by atoms with van der Waals surface area (Å²) >= 11 is 0. The summed E-state index contributed by atoms with van der Waals surface area (Å²) in [4.78, 5) is 2.38. The number of nitrogens with zero attached hydrogens (tertiary/aromatic N) is 2. The summed E-state index contributed by atoms with van der Waals surface area (Å²) in [6.07, 6.45) is 3.28. The number of hydrogen-bond donors (Lipinski definition) is 2. The topological polar surface area (TPSA) is 61.4 Å². The van der Waals surface area contributed by atoms with Crippen LogP contribution in [0.1, 0.15) is 24.0 Å². The average molecular weight is 363 g/mol. The molecule has 0 saturated carbocycles. The van der Waals surface area contributed by atoms with Crippen LogP contribution < -0.4 is 4.74 Å². The van der Waals surface area contributed by atoms with Crippen molar-refractivity contribution in [2.75, 3.05) is 20.2 Å². The van der Waals surface area contributed by atoms with Crippen LogP contribution >= 0.6 is 0 Å². The minimum Gasteiger partial charge on any atom is -0.496 e. The molecule has 0 unspecified atom stereocenters. The zero-order valence-electron chi connectivity index (χ0n) is 15.6. The molecule has 2 heterocycles. The monoisotopic (exact) mass is 363 g/mol. The van der Waals surface area contributed by atoms with Crippen LogP contribution in [-0.4, -0.2) is 40.4 Å². The second-order valence-electron chi connectivity index (χ2n) is 7.14. The van der Waals surface area contributed by atoms with Crippen molar-refractivity contribution in [3.63, 3.8) is 0 Å². The Morgan fingerprint density at radius 2 is 1.78 bits per heavy atom. The smallest absolute Gasteiger partial charge is 0.124 e. The molecule has 1 aliphatic heterocycles. The van der Waals surface area contributed by atoms with Crippen molar-refractivity contribution in [3.8, 4) is 17.0 Å². The number of H-pyrrole nitrogens is 1. The van der Waals surface area contributed by atoms with Crippen molar-refractivity contribution in [3.05, 3.63) is 71.9 Å². The number of piperidine rings is 1. The van der Waals surface area contributed by atoms with Gasteiger partial charge in [-0.25, -0.2) is 0 Å². The number of aliphatic hydroxyl groups is 1. The zero-order chi connectivity index (χ0) is 18.7. The van der Waals surface area contributed by atoms with E-state index in [4.69, 9.17) is 4.74 Å². The van der Waals surface area contributed by atoms with E-state index in [0.29, 0.717) is 12.8 Å². The lowest BCUT2D eigenvalue weighted by Crippen LogP contribution is -2.42. The third-order valence-corrected chi connectivity index (χ3v) is 5.47. The molecule has 27 heavy (non-hydrogen) atoms. The van der Waals surface area contributed by atoms with E-state index in [-0.39, 0.29) is 0 Å². The van der Waals surface area contributed by atoms with Crippen LogP contribution in [-0.2, 0) is 12.1 Å². The Hall–Kier alpha value is -2.63. The van der Waals surface area contributed by atoms with Crippen molar-refractivity contribution in [2.45, 2.75) is 25.0 Å². The number of aromatic amines is 1. The Labute approximate surface area is 159 Å². The maximum atomic E-state index is 11.2. The SMILES string of the molecule is COc1ccccc1C1(O)CCN(Cc2cn[nH]c2-c2ccccc2)CC1.